The number of nitrogens with zero attached hydrogens (tertiary/aromatic N) is 3. The van der Waals surface area contributed by atoms with Gasteiger partial charge >= 0.3 is 0 Å². The fraction of sp³-hybridized carbons (Fsp3) is 0.308. The van der Waals surface area contributed by atoms with E-state index in [1.54, 1.807) is 17.2 Å². The molecule has 0 radical (unpaired) electrons. The molecule has 1 amide bonds. The Morgan fingerprint density at radius 3 is 2.79 bits per heavy atom. The molecule has 0 saturated carbocycles. The van der Waals surface area contributed by atoms with Gasteiger partial charge in [0.25, 0.3) is 5.91 Å². The summed E-state index contributed by atoms with van der Waals surface area (Å²) < 4.78 is 0. The van der Waals surface area contributed by atoms with Gasteiger partial charge in [0.1, 0.15) is 5.82 Å². The highest BCUT2D eigenvalue weighted by Crippen LogP contribution is 2.27. The predicted octanol–water partition coefficient (Wildman–Crippen LogP) is 3.53. The lowest BCUT2D eigenvalue weighted by Gasteiger charge is -2.25. The van der Waals surface area contributed by atoms with Gasteiger partial charge in [-0.05, 0) is 42.9 Å². The maximum Gasteiger partial charge on any atom is 0.254 e. The number of nitrogen functional groups attached to an aromatic ring is 1. The first-order valence-corrected chi connectivity index (χ1v) is 11.5. The molecule has 7 heteroatoms. The number of amides is 1. The second-order valence-corrected chi connectivity index (χ2v) is 8.59. The highest BCUT2D eigenvalue weighted by molar-refractivity contribution is 6.31. The highest BCUT2D eigenvalue weighted by atomic mass is 35.5. The van der Waals surface area contributed by atoms with Crippen LogP contribution in [0.2, 0.25) is 5.02 Å². The van der Waals surface area contributed by atoms with E-state index in [4.69, 9.17) is 17.3 Å². The third kappa shape index (κ3) is 4.81. The van der Waals surface area contributed by atoms with Crippen molar-refractivity contribution in [3.05, 3.63) is 69.9 Å². The Kier molecular flexibility index (Phi) is 6.85. The number of benzene rings is 2. The number of aliphatic hydroxyl groups excluding tert-OH is 1. The third-order valence-corrected chi connectivity index (χ3v) is 6.28. The van der Waals surface area contributed by atoms with Crippen LogP contribution in [0.4, 0.5) is 5.82 Å². The molecule has 0 saturated heterocycles. The fourth-order valence-electron chi connectivity index (χ4n) is 4.21. The summed E-state index contributed by atoms with van der Waals surface area (Å²) in [4.78, 5) is 21.0. The molecule has 1 atom stereocenters. The van der Waals surface area contributed by atoms with Crippen molar-refractivity contribution in [2.75, 3.05) is 31.9 Å². The number of anilines is 1. The van der Waals surface area contributed by atoms with Gasteiger partial charge in [-0.15, -0.1) is 0 Å². The van der Waals surface area contributed by atoms with Crippen LogP contribution in [0.15, 0.2) is 42.6 Å². The van der Waals surface area contributed by atoms with Crippen molar-refractivity contribution in [3.8, 4) is 11.8 Å². The van der Waals surface area contributed by atoms with Gasteiger partial charge in [-0.25, -0.2) is 4.98 Å². The Bertz CT molecular complexity index is 1260. The van der Waals surface area contributed by atoms with Gasteiger partial charge in [-0.1, -0.05) is 49.4 Å². The molecule has 0 bridgehead atoms. The van der Waals surface area contributed by atoms with Crippen LogP contribution in [0.1, 0.15) is 40.9 Å². The molecule has 3 N–H and O–H groups in total. The molecule has 0 aliphatic carbocycles. The minimum atomic E-state index is -0.607. The number of hydrogen-bond donors (Lipinski definition) is 2. The number of halogens is 1. The molecule has 6 nitrogen and oxygen atoms in total. The summed E-state index contributed by atoms with van der Waals surface area (Å²) in [5.74, 6) is 6.61. The summed E-state index contributed by atoms with van der Waals surface area (Å²) in [6, 6.07) is 11.1. The molecular weight excluding hydrogens is 436 g/mol. The molecule has 2 heterocycles. The average molecular weight is 463 g/mol. The van der Waals surface area contributed by atoms with Crippen LogP contribution in [-0.4, -0.2) is 58.1 Å². The summed E-state index contributed by atoms with van der Waals surface area (Å²) in [5, 5.41) is 12.9. The van der Waals surface area contributed by atoms with E-state index in [-0.39, 0.29) is 12.5 Å². The maximum atomic E-state index is 13.0. The van der Waals surface area contributed by atoms with Crippen molar-refractivity contribution >= 4 is 34.1 Å². The molecule has 1 unspecified atom stereocenters. The van der Waals surface area contributed by atoms with E-state index in [1.807, 2.05) is 30.3 Å². The Morgan fingerprint density at radius 1 is 1.24 bits per heavy atom. The molecule has 0 fully saturated rings. The van der Waals surface area contributed by atoms with E-state index in [2.05, 4.69) is 35.6 Å². The molecule has 1 aromatic heterocycles. The molecule has 3 aromatic rings. The number of β-amino-alcohol motifs (C(OH)–C–C–N with tert-alkyl or cyclic N) is 1. The van der Waals surface area contributed by atoms with Crippen molar-refractivity contribution in [2.45, 2.75) is 26.5 Å². The molecule has 2 aromatic carbocycles. The monoisotopic (exact) mass is 462 g/mol. The lowest BCUT2D eigenvalue weighted by molar-refractivity contribution is 0.0557. The largest absolute Gasteiger partial charge is 0.390 e. The van der Waals surface area contributed by atoms with Crippen LogP contribution in [0.25, 0.3) is 10.8 Å². The van der Waals surface area contributed by atoms with Gasteiger partial charge in [-0.2, -0.15) is 0 Å². The summed E-state index contributed by atoms with van der Waals surface area (Å²) in [6.07, 6.45) is 1.09. The maximum absolute atomic E-state index is 13.0. The number of pyridine rings is 1. The van der Waals surface area contributed by atoms with Gasteiger partial charge in [-0.3, -0.25) is 4.79 Å². The molecule has 4 rings (SSSR count). The van der Waals surface area contributed by atoms with Crippen molar-refractivity contribution in [3.63, 3.8) is 0 Å². The fourth-order valence-corrected chi connectivity index (χ4v) is 4.38. The Balaban J connectivity index is 1.62. The lowest BCUT2D eigenvalue weighted by Crippen LogP contribution is -2.40. The summed E-state index contributed by atoms with van der Waals surface area (Å²) in [5.41, 5.74) is 9.00. The number of carbonyl (C=O) groups is 1. The number of fused-ring (bicyclic) bond motifs is 2. The van der Waals surface area contributed by atoms with Gasteiger partial charge in [0.15, 0.2) is 0 Å². The lowest BCUT2D eigenvalue weighted by atomic mass is 10.0. The average Bonchev–Trinajstić information content (AvgIpc) is 3.12. The summed E-state index contributed by atoms with van der Waals surface area (Å²) in [6.45, 7) is 7.08. The normalized spacial score (nSPS) is 13.8. The molecular formula is C26H27ClN4O2. The minimum Gasteiger partial charge on any atom is -0.390 e. The Hall–Kier alpha value is -3.11. The van der Waals surface area contributed by atoms with Crippen LogP contribution < -0.4 is 5.73 Å². The van der Waals surface area contributed by atoms with Crippen LogP contribution in [0, 0.1) is 11.8 Å². The molecule has 1 aliphatic rings. The van der Waals surface area contributed by atoms with E-state index in [0.29, 0.717) is 35.1 Å². The predicted molar refractivity (Wildman–Crippen MR) is 132 cm³/mol. The summed E-state index contributed by atoms with van der Waals surface area (Å²) in [7, 11) is 0. The number of aliphatic hydroxyl groups is 1. The van der Waals surface area contributed by atoms with Crippen LogP contribution in [-0.2, 0) is 6.54 Å². The molecule has 1 aliphatic heterocycles. The summed E-state index contributed by atoms with van der Waals surface area (Å²) >= 11 is 6.18. The van der Waals surface area contributed by atoms with E-state index < -0.39 is 6.10 Å². The number of rotatable bonds is 6. The number of carbonyl (C=O) groups excluding carboxylic acids is 1. The first-order chi connectivity index (χ1) is 15.9. The second-order valence-electron chi connectivity index (χ2n) is 8.16. The smallest absolute Gasteiger partial charge is 0.254 e. The first kappa shape index (κ1) is 23.1. The Morgan fingerprint density at radius 2 is 2.03 bits per heavy atom. The Labute approximate surface area is 199 Å². The van der Waals surface area contributed by atoms with Crippen LogP contribution >= 0.6 is 11.6 Å². The highest BCUT2D eigenvalue weighted by Gasteiger charge is 2.30. The van der Waals surface area contributed by atoms with Gasteiger partial charge in [0.05, 0.1) is 11.7 Å². The van der Waals surface area contributed by atoms with Gasteiger partial charge in [0, 0.05) is 52.8 Å². The standard InChI is InChI=1S/C26H27ClN4O2/c1-3-30(4-2)14-20(32)15-31-16-24-17(6-5-7-22(24)26(31)33)9-11-21-23-12-19(27)10-8-18(23)13-29-25(21)28/h5-8,10,12-13,20,32H,3-4,14-16H2,1-2H3,(H2,28,29). The number of aromatic nitrogens is 1. The molecule has 0 spiro atoms. The SMILES string of the molecule is CCN(CC)CC(O)CN1Cc2c(C#Cc3c(N)ncc4ccc(Cl)cc34)cccc2C1=O. The van der Waals surface area contributed by atoms with E-state index in [0.717, 1.165) is 35.0 Å². The van der Waals surface area contributed by atoms with E-state index >= 15 is 0 Å². The number of likely N-dealkylation sites (N-methyl/N-ethyl adjacent to an activating group) is 1. The van der Waals surface area contributed by atoms with Gasteiger partial charge < -0.3 is 20.6 Å². The van der Waals surface area contributed by atoms with E-state index in [9.17, 15) is 9.90 Å². The molecule has 33 heavy (non-hydrogen) atoms. The van der Waals surface area contributed by atoms with Crippen molar-refractivity contribution in [1.29, 1.82) is 0 Å². The third-order valence-electron chi connectivity index (χ3n) is 6.04. The zero-order chi connectivity index (χ0) is 23.5. The molecule has 170 valence electrons. The zero-order valence-corrected chi connectivity index (χ0v) is 19.6. The van der Waals surface area contributed by atoms with E-state index in [1.165, 1.54) is 0 Å². The van der Waals surface area contributed by atoms with Crippen LogP contribution in [0.5, 0.6) is 0 Å². The zero-order valence-electron chi connectivity index (χ0n) is 18.8. The quantitative estimate of drug-likeness (QED) is 0.547. The number of hydrogen-bond acceptors (Lipinski definition) is 5. The van der Waals surface area contributed by atoms with Crippen LogP contribution in [0.3, 0.4) is 0 Å². The number of nitrogens with two attached hydrogens (primary N) is 1. The topological polar surface area (TPSA) is 82.7 Å². The van der Waals surface area contributed by atoms with Crippen molar-refractivity contribution < 1.29 is 9.90 Å². The second kappa shape index (κ2) is 9.80. The minimum absolute atomic E-state index is 0.0784. The van der Waals surface area contributed by atoms with Gasteiger partial charge in [0.2, 0.25) is 0 Å². The van der Waals surface area contributed by atoms with Crippen molar-refractivity contribution in [1.82, 2.24) is 14.8 Å². The first-order valence-electron chi connectivity index (χ1n) is 11.1. The van der Waals surface area contributed by atoms with Crippen molar-refractivity contribution in [2.24, 2.45) is 0 Å².